The second-order valence-electron chi connectivity index (χ2n) is 4.26. The maximum absolute atomic E-state index is 10.5. The number of aromatic nitrogens is 2. The summed E-state index contributed by atoms with van der Waals surface area (Å²) in [4.78, 5) is 8.35. The lowest BCUT2D eigenvalue weighted by Crippen LogP contribution is -2.37. The maximum Gasteiger partial charge on any atom is 0.160 e. The van der Waals surface area contributed by atoms with Crippen LogP contribution < -0.4 is 0 Å². The fourth-order valence-corrected chi connectivity index (χ4v) is 2.22. The predicted octanol–water partition coefficient (Wildman–Crippen LogP) is 1.87. The maximum atomic E-state index is 10.5. The highest BCUT2D eigenvalue weighted by Crippen LogP contribution is 2.33. The molecule has 0 amide bonds. The van der Waals surface area contributed by atoms with E-state index >= 15 is 0 Å². The van der Waals surface area contributed by atoms with Crippen molar-refractivity contribution in [1.82, 2.24) is 9.97 Å². The molecule has 1 aliphatic rings. The summed E-state index contributed by atoms with van der Waals surface area (Å²) in [7, 11) is 0. The van der Waals surface area contributed by atoms with Crippen LogP contribution in [0.5, 0.6) is 0 Å². The Morgan fingerprint density at radius 3 is 2.50 bits per heavy atom. The first kappa shape index (κ1) is 12.0. The molecule has 0 aliphatic carbocycles. The molecule has 16 heavy (non-hydrogen) atoms. The Morgan fingerprint density at radius 1 is 1.38 bits per heavy atom. The molecule has 1 unspecified atom stereocenters. The van der Waals surface area contributed by atoms with Crippen LogP contribution in [0.4, 0.5) is 0 Å². The lowest BCUT2D eigenvalue weighted by molar-refractivity contribution is -0.0634. The van der Waals surface area contributed by atoms with Crippen LogP contribution in [0.25, 0.3) is 0 Å². The fraction of sp³-hybridized carbons (Fsp3) is 0.636. The number of nitrogens with zero attached hydrogens (tertiary/aromatic N) is 2. The Morgan fingerprint density at radius 2 is 1.94 bits per heavy atom. The molecule has 5 heteroatoms. The molecule has 0 radical (unpaired) electrons. The fourth-order valence-electron chi connectivity index (χ4n) is 2.02. The first-order valence-electron chi connectivity index (χ1n) is 5.39. The van der Waals surface area contributed by atoms with Crippen LogP contribution in [0, 0.1) is 5.92 Å². The standard InChI is InChI=1S/C11H15BrN2O2/c1-11(15,8-2-4-16-5-3-8)10-13-6-9(12)7-14-10/h6-8,15H,2-5H2,1H3. The molecule has 2 rings (SSSR count). The molecule has 1 aromatic rings. The van der Waals surface area contributed by atoms with Crippen LogP contribution in [0.2, 0.25) is 0 Å². The number of hydrogen-bond acceptors (Lipinski definition) is 4. The van der Waals surface area contributed by atoms with Crippen molar-refractivity contribution in [3.8, 4) is 0 Å². The van der Waals surface area contributed by atoms with Gasteiger partial charge in [0.15, 0.2) is 5.82 Å². The Balaban J connectivity index is 2.19. The molecule has 1 aromatic heterocycles. The summed E-state index contributed by atoms with van der Waals surface area (Å²) in [5.41, 5.74) is -0.968. The van der Waals surface area contributed by atoms with E-state index in [1.54, 1.807) is 19.3 Å². The first-order chi connectivity index (χ1) is 7.60. The van der Waals surface area contributed by atoms with Crippen LogP contribution in [0.15, 0.2) is 16.9 Å². The third-order valence-electron chi connectivity index (χ3n) is 3.09. The molecule has 1 saturated heterocycles. The number of hydrogen-bond donors (Lipinski definition) is 1. The molecule has 1 N–H and O–H groups in total. The number of halogens is 1. The van der Waals surface area contributed by atoms with Gasteiger partial charge in [0.1, 0.15) is 5.60 Å². The zero-order valence-corrected chi connectivity index (χ0v) is 10.8. The lowest BCUT2D eigenvalue weighted by atomic mass is 9.82. The van der Waals surface area contributed by atoms with Crippen molar-refractivity contribution < 1.29 is 9.84 Å². The van der Waals surface area contributed by atoms with E-state index in [1.165, 1.54) is 0 Å². The minimum atomic E-state index is -0.968. The zero-order valence-electron chi connectivity index (χ0n) is 9.19. The van der Waals surface area contributed by atoms with Gasteiger partial charge in [-0.3, -0.25) is 0 Å². The van der Waals surface area contributed by atoms with Crippen LogP contribution in [0.3, 0.4) is 0 Å². The van der Waals surface area contributed by atoms with E-state index in [0.29, 0.717) is 19.0 Å². The third-order valence-corrected chi connectivity index (χ3v) is 3.50. The monoisotopic (exact) mass is 286 g/mol. The van der Waals surface area contributed by atoms with Crippen molar-refractivity contribution >= 4 is 15.9 Å². The van der Waals surface area contributed by atoms with Crippen LogP contribution in [0.1, 0.15) is 25.6 Å². The minimum Gasteiger partial charge on any atom is -0.382 e. The number of rotatable bonds is 2. The van der Waals surface area contributed by atoms with E-state index in [1.807, 2.05) is 0 Å². The zero-order chi connectivity index (χ0) is 11.6. The Kier molecular flexibility index (Phi) is 3.56. The molecule has 1 fully saturated rings. The summed E-state index contributed by atoms with van der Waals surface area (Å²) < 4.78 is 6.11. The van der Waals surface area contributed by atoms with Crippen molar-refractivity contribution in [3.63, 3.8) is 0 Å². The van der Waals surface area contributed by atoms with Gasteiger partial charge >= 0.3 is 0 Å². The van der Waals surface area contributed by atoms with Crippen LogP contribution >= 0.6 is 15.9 Å². The molecule has 1 atom stereocenters. The molecule has 0 saturated carbocycles. The molecular weight excluding hydrogens is 272 g/mol. The molecule has 0 spiro atoms. The van der Waals surface area contributed by atoms with Gasteiger partial charge in [0.05, 0.1) is 4.47 Å². The quantitative estimate of drug-likeness (QED) is 0.902. The highest BCUT2D eigenvalue weighted by molar-refractivity contribution is 9.10. The van der Waals surface area contributed by atoms with E-state index in [0.717, 1.165) is 17.3 Å². The second kappa shape index (κ2) is 4.77. The van der Waals surface area contributed by atoms with E-state index in [4.69, 9.17) is 4.74 Å². The van der Waals surface area contributed by atoms with Gasteiger partial charge in [0.2, 0.25) is 0 Å². The van der Waals surface area contributed by atoms with Crippen molar-refractivity contribution in [2.24, 2.45) is 5.92 Å². The second-order valence-corrected chi connectivity index (χ2v) is 5.17. The summed E-state index contributed by atoms with van der Waals surface area (Å²) in [6.45, 7) is 3.20. The van der Waals surface area contributed by atoms with E-state index < -0.39 is 5.60 Å². The number of ether oxygens (including phenoxy) is 1. The van der Waals surface area contributed by atoms with Crippen molar-refractivity contribution in [3.05, 3.63) is 22.7 Å². The van der Waals surface area contributed by atoms with Gasteiger partial charge in [0.25, 0.3) is 0 Å². The van der Waals surface area contributed by atoms with Gasteiger partial charge in [-0.1, -0.05) is 0 Å². The van der Waals surface area contributed by atoms with Gasteiger partial charge in [-0.2, -0.15) is 0 Å². The largest absolute Gasteiger partial charge is 0.382 e. The highest BCUT2D eigenvalue weighted by atomic mass is 79.9. The van der Waals surface area contributed by atoms with E-state index in [-0.39, 0.29) is 5.92 Å². The average Bonchev–Trinajstić information content (AvgIpc) is 2.31. The summed E-state index contributed by atoms with van der Waals surface area (Å²) in [6.07, 6.45) is 5.03. The average molecular weight is 287 g/mol. The molecule has 1 aliphatic heterocycles. The van der Waals surface area contributed by atoms with Crippen molar-refractivity contribution in [2.75, 3.05) is 13.2 Å². The Bertz CT molecular complexity index is 348. The topological polar surface area (TPSA) is 55.2 Å². The van der Waals surface area contributed by atoms with E-state index in [2.05, 4.69) is 25.9 Å². The summed E-state index contributed by atoms with van der Waals surface area (Å²) >= 11 is 3.28. The Hall–Kier alpha value is -0.520. The van der Waals surface area contributed by atoms with Gasteiger partial charge < -0.3 is 9.84 Å². The van der Waals surface area contributed by atoms with Crippen molar-refractivity contribution in [2.45, 2.75) is 25.4 Å². The SMILES string of the molecule is CC(O)(c1ncc(Br)cn1)C1CCOCC1. The summed E-state index contributed by atoms with van der Waals surface area (Å²) in [5, 5.41) is 10.5. The molecule has 0 aromatic carbocycles. The van der Waals surface area contributed by atoms with Crippen LogP contribution in [-0.2, 0) is 10.3 Å². The minimum absolute atomic E-state index is 0.169. The van der Waals surface area contributed by atoms with Gasteiger partial charge in [-0.05, 0) is 41.6 Å². The lowest BCUT2D eigenvalue weighted by Gasteiger charge is -2.34. The number of aliphatic hydroxyl groups is 1. The molecule has 4 nitrogen and oxygen atoms in total. The molecule has 0 bridgehead atoms. The van der Waals surface area contributed by atoms with Gasteiger partial charge in [-0.25, -0.2) is 9.97 Å². The van der Waals surface area contributed by atoms with Crippen molar-refractivity contribution in [1.29, 1.82) is 0 Å². The third kappa shape index (κ3) is 2.42. The first-order valence-corrected chi connectivity index (χ1v) is 6.18. The summed E-state index contributed by atoms with van der Waals surface area (Å²) in [6, 6.07) is 0. The van der Waals surface area contributed by atoms with Crippen LogP contribution in [-0.4, -0.2) is 28.3 Å². The Labute approximate surface area is 103 Å². The van der Waals surface area contributed by atoms with E-state index in [9.17, 15) is 5.11 Å². The van der Waals surface area contributed by atoms with Gasteiger partial charge in [-0.15, -0.1) is 0 Å². The molecule has 88 valence electrons. The molecular formula is C11H15BrN2O2. The normalized spacial score (nSPS) is 21.7. The highest BCUT2D eigenvalue weighted by Gasteiger charge is 2.37. The smallest absolute Gasteiger partial charge is 0.160 e. The predicted molar refractivity (Wildman–Crippen MR) is 62.8 cm³/mol. The van der Waals surface area contributed by atoms with Gasteiger partial charge in [0, 0.05) is 25.6 Å². The molecule has 2 heterocycles. The summed E-state index contributed by atoms with van der Waals surface area (Å²) in [5.74, 6) is 0.657.